The van der Waals surface area contributed by atoms with Gasteiger partial charge in [0.2, 0.25) is 0 Å². The second kappa shape index (κ2) is 3.36. The van der Waals surface area contributed by atoms with E-state index in [9.17, 15) is 0 Å². The van der Waals surface area contributed by atoms with Crippen LogP contribution in [0.4, 0.5) is 0 Å². The van der Waals surface area contributed by atoms with Gasteiger partial charge in [-0.05, 0) is 26.2 Å². The minimum absolute atomic E-state index is 0.532. The number of nitrogens with two attached hydrogens (primary N) is 1. The Morgan fingerprint density at radius 2 is 2.18 bits per heavy atom. The summed E-state index contributed by atoms with van der Waals surface area (Å²) in [5.41, 5.74) is 5.51. The van der Waals surface area contributed by atoms with Gasteiger partial charge in [0.05, 0.1) is 0 Å². The van der Waals surface area contributed by atoms with Crippen LogP contribution in [-0.2, 0) is 0 Å². The molecule has 0 aromatic heterocycles. The van der Waals surface area contributed by atoms with Gasteiger partial charge in [-0.2, -0.15) is 0 Å². The highest BCUT2D eigenvalue weighted by atomic mass is 32.1. The average molecular weight is 173 g/mol. The van der Waals surface area contributed by atoms with Crippen LogP contribution in [0.3, 0.4) is 0 Å². The van der Waals surface area contributed by atoms with Crippen LogP contribution in [0.25, 0.3) is 0 Å². The summed E-state index contributed by atoms with van der Waals surface area (Å²) in [7, 11) is 2.13. The molecule has 0 saturated carbocycles. The number of thiocarbonyl (C=S) groups is 1. The lowest BCUT2D eigenvalue weighted by atomic mass is 10.2. The average Bonchev–Trinajstić information content (AvgIpc) is 1.94. The molecule has 1 unspecified atom stereocenters. The van der Waals surface area contributed by atoms with Gasteiger partial charge >= 0.3 is 0 Å². The molecule has 1 aliphatic heterocycles. The SMILES string of the molecule is CC1CN(C(N)=S)CCN1C. The van der Waals surface area contributed by atoms with Gasteiger partial charge < -0.3 is 15.5 Å². The first-order valence-corrected chi connectivity index (χ1v) is 4.26. The number of rotatable bonds is 0. The van der Waals surface area contributed by atoms with Crippen molar-refractivity contribution in [2.45, 2.75) is 13.0 Å². The van der Waals surface area contributed by atoms with E-state index in [4.69, 9.17) is 18.0 Å². The largest absolute Gasteiger partial charge is 0.376 e. The smallest absolute Gasteiger partial charge is 0.166 e. The van der Waals surface area contributed by atoms with Gasteiger partial charge in [-0.15, -0.1) is 0 Å². The molecule has 0 aliphatic carbocycles. The fourth-order valence-corrected chi connectivity index (χ4v) is 1.41. The zero-order chi connectivity index (χ0) is 8.43. The van der Waals surface area contributed by atoms with Crippen molar-refractivity contribution in [3.05, 3.63) is 0 Å². The van der Waals surface area contributed by atoms with E-state index in [2.05, 4.69) is 23.8 Å². The normalized spacial score (nSPS) is 27.1. The molecule has 11 heavy (non-hydrogen) atoms. The van der Waals surface area contributed by atoms with Crippen molar-refractivity contribution in [3.63, 3.8) is 0 Å². The number of hydrogen-bond donors (Lipinski definition) is 1. The first-order valence-electron chi connectivity index (χ1n) is 3.86. The molecule has 1 heterocycles. The summed E-state index contributed by atoms with van der Waals surface area (Å²) in [6.07, 6.45) is 0. The molecule has 0 aromatic rings. The molecule has 1 fully saturated rings. The number of likely N-dealkylation sites (N-methyl/N-ethyl adjacent to an activating group) is 1. The van der Waals surface area contributed by atoms with Crippen molar-refractivity contribution in [3.8, 4) is 0 Å². The Kier molecular flexibility index (Phi) is 2.67. The number of hydrogen-bond acceptors (Lipinski definition) is 2. The second-order valence-electron chi connectivity index (χ2n) is 3.11. The highest BCUT2D eigenvalue weighted by Crippen LogP contribution is 2.05. The van der Waals surface area contributed by atoms with Gasteiger partial charge in [-0.3, -0.25) is 0 Å². The van der Waals surface area contributed by atoms with Crippen LogP contribution in [0.2, 0.25) is 0 Å². The van der Waals surface area contributed by atoms with E-state index in [1.54, 1.807) is 0 Å². The summed E-state index contributed by atoms with van der Waals surface area (Å²) in [5, 5.41) is 0.532. The molecule has 64 valence electrons. The minimum atomic E-state index is 0.532. The third kappa shape index (κ3) is 2.04. The Morgan fingerprint density at radius 1 is 1.55 bits per heavy atom. The van der Waals surface area contributed by atoms with Crippen LogP contribution in [0.1, 0.15) is 6.92 Å². The number of piperazine rings is 1. The topological polar surface area (TPSA) is 32.5 Å². The zero-order valence-electron chi connectivity index (χ0n) is 7.08. The summed E-state index contributed by atoms with van der Waals surface area (Å²) in [5.74, 6) is 0. The maximum atomic E-state index is 5.51. The summed E-state index contributed by atoms with van der Waals surface area (Å²) in [6.45, 7) is 5.17. The number of nitrogens with zero attached hydrogens (tertiary/aromatic N) is 2. The Balaban J connectivity index is 2.46. The predicted octanol–water partition coefficient (Wildman–Crippen LogP) is -0.134. The van der Waals surface area contributed by atoms with E-state index >= 15 is 0 Å². The third-order valence-corrected chi connectivity index (χ3v) is 2.53. The standard InChI is InChI=1S/C7H15N3S/c1-6-5-10(7(8)11)4-3-9(6)2/h6H,3-5H2,1-2H3,(H2,8,11). The maximum absolute atomic E-state index is 5.51. The summed E-state index contributed by atoms with van der Waals surface area (Å²) in [6, 6.07) is 0.560. The lowest BCUT2D eigenvalue weighted by Gasteiger charge is -2.37. The van der Waals surface area contributed by atoms with Gasteiger partial charge in [-0.1, -0.05) is 0 Å². The molecule has 4 heteroatoms. The molecule has 1 aliphatic rings. The lowest BCUT2D eigenvalue weighted by molar-refractivity contribution is 0.154. The molecule has 0 amide bonds. The van der Waals surface area contributed by atoms with E-state index in [1.165, 1.54) is 0 Å². The van der Waals surface area contributed by atoms with Crippen LogP contribution >= 0.6 is 12.2 Å². The fourth-order valence-electron chi connectivity index (χ4n) is 1.25. The van der Waals surface area contributed by atoms with Crippen LogP contribution in [0.15, 0.2) is 0 Å². The van der Waals surface area contributed by atoms with Crippen LogP contribution < -0.4 is 5.73 Å². The van der Waals surface area contributed by atoms with Gasteiger partial charge in [0.15, 0.2) is 5.11 Å². The highest BCUT2D eigenvalue weighted by Gasteiger charge is 2.20. The van der Waals surface area contributed by atoms with E-state index in [1.807, 2.05) is 0 Å². The molecule has 1 saturated heterocycles. The molecule has 3 nitrogen and oxygen atoms in total. The van der Waals surface area contributed by atoms with Gasteiger partial charge in [0, 0.05) is 25.7 Å². The van der Waals surface area contributed by atoms with E-state index in [0.29, 0.717) is 11.2 Å². The van der Waals surface area contributed by atoms with Crippen molar-refractivity contribution in [2.75, 3.05) is 26.7 Å². The molecule has 1 rings (SSSR count). The van der Waals surface area contributed by atoms with Crippen molar-refractivity contribution in [1.82, 2.24) is 9.80 Å². The van der Waals surface area contributed by atoms with Crippen molar-refractivity contribution < 1.29 is 0 Å². The molecule has 0 radical (unpaired) electrons. The van der Waals surface area contributed by atoms with Gasteiger partial charge in [0.25, 0.3) is 0 Å². The first kappa shape index (κ1) is 8.74. The van der Waals surface area contributed by atoms with Gasteiger partial charge in [0.1, 0.15) is 0 Å². The van der Waals surface area contributed by atoms with Crippen LogP contribution in [0.5, 0.6) is 0 Å². The molecule has 1 atom stereocenters. The van der Waals surface area contributed by atoms with Gasteiger partial charge in [-0.25, -0.2) is 0 Å². The quantitative estimate of drug-likeness (QED) is 0.517. The molecular formula is C7H15N3S. The van der Waals surface area contributed by atoms with Crippen molar-refractivity contribution >= 4 is 17.3 Å². The Bertz CT molecular complexity index is 160. The fraction of sp³-hybridized carbons (Fsp3) is 0.857. The molecule has 0 spiro atoms. The summed E-state index contributed by atoms with van der Waals surface area (Å²) in [4.78, 5) is 4.37. The van der Waals surface area contributed by atoms with Crippen LogP contribution in [0, 0.1) is 0 Å². The van der Waals surface area contributed by atoms with E-state index in [0.717, 1.165) is 19.6 Å². The summed E-state index contributed by atoms with van der Waals surface area (Å²) >= 11 is 4.89. The van der Waals surface area contributed by atoms with E-state index < -0.39 is 0 Å². The molecule has 0 bridgehead atoms. The molecular weight excluding hydrogens is 158 g/mol. The predicted molar refractivity (Wildman–Crippen MR) is 50.5 cm³/mol. The third-order valence-electron chi connectivity index (χ3n) is 2.27. The monoisotopic (exact) mass is 173 g/mol. The Hall–Kier alpha value is -0.350. The highest BCUT2D eigenvalue weighted by molar-refractivity contribution is 7.80. The molecule has 2 N–H and O–H groups in total. The van der Waals surface area contributed by atoms with Crippen LogP contribution in [-0.4, -0.2) is 47.6 Å². The first-order chi connectivity index (χ1) is 5.11. The minimum Gasteiger partial charge on any atom is -0.376 e. The Labute approximate surface area is 73.1 Å². The Morgan fingerprint density at radius 3 is 2.64 bits per heavy atom. The lowest BCUT2D eigenvalue weighted by Crippen LogP contribution is -2.53. The molecule has 0 aromatic carbocycles. The maximum Gasteiger partial charge on any atom is 0.166 e. The zero-order valence-corrected chi connectivity index (χ0v) is 7.90. The second-order valence-corrected chi connectivity index (χ2v) is 3.53. The van der Waals surface area contributed by atoms with E-state index in [-0.39, 0.29) is 0 Å². The summed E-state index contributed by atoms with van der Waals surface area (Å²) < 4.78 is 0. The van der Waals surface area contributed by atoms with Crippen molar-refractivity contribution in [2.24, 2.45) is 5.73 Å². The van der Waals surface area contributed by atoms with Crippen molar-refractivity contribution in [1.29, 1.82) is 0 Å².